The molecule has 1 aromatic rings. The van der Waals surface area contributed by atoms with Crippen LogP contribution in [0, 0.1) is 0 Å². The summed E-state index contributed by atoms with van der Waals surface area (Å²) >= 11 is 0.933. The molecule has 0 aromatic carbocycles. The number of nitrogens with one attached hydrogen (secondary N) is 1. The third-order valence-corrected chi connectivity index (χ3v) is 7.17. The van der Waals surface area contributed by atoms with Crippen molar-refractivity contribution in [3.63, 3.8) is 0 Å². The third kappa shape index (κ3) is 5.92. The minimum absolute atomic E-state index is 0.0380. The van der Waals surface area contributed by atoms with Gasteiger partial charge in [0.2, 0.25) is 11.5 Å². The number of thiazole rings is 1. The number of β-lactam (4-membered cyclic amide) rings is 1. The van der Waals surface area contributed by atoms with Gasteiger partial charge in [0.25, 0.3) is 11.8 Å². The van der Waals surface area contributed by atoms with Crippen molar-refractivity contribution in [3.05, 3.63) is 11.1 Å². The molecule has 0 aliphatic carbocycles. The lowest BCUT2D eigenvalue weighted by molar-refractivity contribution is -0.161. The first-order valence-electron chi connectivity index (χ1n) is 10.7. The number of hydrogen-bond acceptors (Lipinski definition) is 12. The second kappa shape index (κ2) is 10.4. The fraction of sp³-hybridized carbons (Fsp3) is 0.500. The van der Waals surface area contributed by atoms with Crippen LogP contribution in [0.3, 0.4) is 0 Å². The standard InChI is InChI=1S/C18H25N9O9S2/c1-18(2,15(31)32)36-25-10(8-6-37-17(21)23-8)12(28)24-11-9(27(14(11)30)38(33,34)35)5-26-4-3-7(13(26)29)22-16(19)20/h6-7,9,11H,3-5H2,1-2H3,(H2,21,23)(H,24,28)(H,31,32)(H4,19,20,22)(H,33,34,35)/b25-10-/t7?,9-,11?/m0/s1. The van der Waals surface area contributed by atoms with Gasteiger partial charge in [-0.15, -0.1) is 11.3 Å². The number of aromatic nitrogens is 1. The zero-order valence-corrected chi connectivity index (χ0v) is 21.6. The molecule has 0 spiro atoms. The van der Waals surface area contributed by atoms with Crippen molar-refractivity contribution in [1.82, 2.24) is 19.5 Å². The number of likely N-dealkylation sites (tertiary alicyclic amines) is 1. The van der Waals surface area contributed by atoms with Crippen LogP contribution in [0.15, 0.2) is 15.5 Å². The maximum absolute atomic E-state index is 13.1. The van der Waals surface area contributed by atoms with E-state index in [1.165, 1.54) is 24.1 Å². The zero-order valence-electron chi connectivity index (χ0n) is 20.0. The number of nitrogens with two attached hydrogens (primary N) is 3. The van der Waals surface area contributed by atoms with Gasteiger partial charge >= 0.3 is 16.3 Å². The summed E-state index contributed by atoms with van der Waals surface area (Å²) in [7, 11) is -5.05. The number of carboxylic acids is 1. The number of anilines is 1. The van der Waals surface area contributed by atoms with Crippen LogP contribution in [0.2, 0.25) is 0 Å². The van der Waals surface area contributed by atoms with Gasteiger partial charge in [0.15, 0.2) is 16.8 Å². The Morgan fingerprint density at radius 2 is 1.97 bits per heavy atom. The summed E-state index contributed by atoms with van der Waals surface area (Å²) in [6, 6.07) is -3.85. The van der Waals surface area contributed by atoms with E-state index >= 15 is 0 Å². The number of rotatable bonds is 10. The molecule has 38 heavy (non-hydrogen) atoms. The lowest BCUT2D eigenvalue weighted by Crippen LogP contribution is -2.74. The summed E-state index contributed by atoms with van der Waals surface area (Å²) in [5.41, 5.74) is 13.7. The van der Waals surface area contributed by atoms with Crippen molar-refractivity contribution in [3.8, 4) is 0 Å². The highest BCUT2D eigenvalue weighted by Gasteiger charge is 2.55. The number of nitrogens with zero attached hydrogens (tertiary/aromatic N) is 5. The molecule has 3 amide bonds. The molecule has 2 saturated heterocycles. The molecule has 2 aliphatic rings. The van der Waals surface area contributed by atoms with Crippen LogP contribution in [0.25, 0.3) is 0 Å². The van der Waals surface area contributed by atoms with E-state index < -0.39 is 70.0 Å². The van der Waals surface area contributed by atoms with E-state index in [-0.39, 0.29) is 34.1 Å². The number of oxime groups is 1. The SMILES string of the molecule is CC(C)(O/N=C(\C(=O)NC1C(=O)N(S(=O)(=O)O)[C@H]1CN1CCC(N=C(N)N)C1=O)c1csc(N)n1)C(=O)O. The van der Waals surface area contributed by atoms with Crippen molar-refractivity contribution >= 4 is 62.1 Å². The highest BCUT2D eigenvalue weighted by Crippen LogP contribution is 2.27. The Labute approximate surface area is 219 Å². The largest absolute Gasteiger partial charge is 0.478 e. The summed E-state index contributed by atoms with van der Waals surface area (Å²) in [4.78, 5) is 63.6. The molecule has 2 fully saturated rings. The second-order valence-corrected chi connectivity index (χ2v) is 10.9. The summed E-state index contributed by atoms with van der Waals surface area (Å²) in [5.74, 6) is -4.56. The predicted octanol–water partition coefficient (Wildman–Crippen LogP) is -3.32. The average molecular weight is 576 g/mol. The number of carbonyl (C=O) groups is 4. The van der Waals surface area contributed by atoms with Crippen molar-refractivity contribution in [1.29, 1.82) is 0 Å². The third-order valence-electron chi connectivity index (χ3n) is 5.55. The maximum Gasteiger partial charge on any atom is 0.362 e. The van der Waals surface area contributed by atoms with Crippen LogP contribution in [0.5, 0.6) is 0 Å². The highest BCUT2D eigenvalue weighted by atomic mass is 32.2. The van der Waals surface area contributed by atoms with E-state index in [0.717, 1.165) is 11.3 Å². The Balaban J connectivity index is 1.86. The molecule has 1 aromatic heterocycles. The van der Waals surface area contributed by atoms with E-state index in [1.807, 2.05) is 0 Å². The van der Waals surface area contributed by atoms with Crippen LogP contribution in [0.1, 0.15) is 26.0 Å². The molecule has 3 rings (SSSR count). The monoisotopic (exact) mass is 575 g/mol. The topological polar surface area (TPSA) is 286 Å². The minimum atomic E-state index is -5.05. The number of amides is 3. The van der Waals surface area contributed by atoms with Crippen LogP contribution in [0.4, 0.5) is 5.13 Å². The van der Waals surface area contributed by atoms with Gasteiger partial charge in [-0.3, -0.25) is 18.9 Å². The lowest BCUT2D eigenvalue weighted by atomic mass is 9.97. The second-order valence-electron chi connectivity index (χ2n) is 8.69. The average Bonchev–Trinajstić information content (AvgIpc) is 3.36. The van der Waals surface area contributed by atoms with E-state index in [4.69, 9.17) is 22.0 Å². The van der Waals surface area contributed by atoms with Crippen molar-refractivity contribution in [2.45, 2.75) is 44.0 Å². The summed E-state index contributed by atoms with van der Waals surface area (Å²) in [6.07, 6.45) is 0.207. The van der Waals surface area contributed by atoms with Gasteiger partial charge in [-0.2, -0.15) is 8.42 Å². The van der Waals surface area contributed by atoms with Crippen molar-refractivity contribution in [2.75, 3.05) is 18.8 Å². The Kier molecular flexibility index (Phi) is 7.79. The Bertz CT molecular complexity index is 1320. The first kappa shape index (κ1) is 28.5. The van der Waals surface area contributed by atoms with Gasteiger partial charge in [0, 0.05) is 18.5 Å². The molecule has 2 unspecified atom stereocenters. The Morgan fingerprint density at radius 1 is 1.32 bits per heavy atom. The van der Waals surface area contributed by atoms with E-state index in [1.54, 1.807) is 0 Å². The molecular weight excluding hydrogens is 550 g/mol. The summed E-state index contributed by atoms with van der Waals surface area (Å²) in [5, 5.41) is 16.5. The highest BCUT2D eigenvalue weighted by molar-refractivity contribution is 7.84. The van der Waals surface area contributed by atoms with E-state index in [0.29, 0.717) is 0 Å². The summed E-state index contributed by atoms with van der Waals surface area (Å²) < 4.78 is 33.3. The quantitative estimate of drug-likeness (QED) is 0.0524. The van der Waals surface area contributed by atoms with Gasteiger partial charge in [0.1, 0.15) is 17.8 Å². The molecule has 3 heterocycles. The molecule has 2 aliphatic heterocycles. The van der Waals surface area contributed by atoms with Gasteiger partial charge in [0.05, 0.1) is 6.04 Å². The number of carboxylic acid groups (broad SMARTS) is 1. The molecular formula is C18H25N9O9S2. The molecule has 3 atom stereocenters. The number of aliphatic carboxylic acids is 1. The van der Waals surface area contributed by atoms with Crippen LogP contribution >= 0.6 is 11.3 Å². The first-order chi connectivity index (χ1) is 17.5. The Morgan fingerprint density at radius 3 is 2.50 bits per heavy atom. The zero-order chi connectivity index (χ0) is 28.6. The molecule has 0 saturated carbocycles. The number of aliphatic imine (C=N–C) groups is 1. The smallest absolute Gasteiger partial charge is 0.362 e. The fourth-order valence-electron chi connectivity index (χ4n) is 3.58. The minimum Gasteiger partial charge on any atom is -0.478 e. The maximum atomic E-state index is 13.1. The number of hydrogen-bond donors (Lipinski definition) is 6. The van der Waals surface area contributed by atoms with E-state index in [9.17, 15) is 37.3 Å². The number of nitrogen functional groups attached to an aromatic ring is 1. The normalized spacial score (nSPS) is 22.2. The lowest BCUT2D eigenvalue weighted by Gasteiger charge is -2.45. The van der Waals surface area contributed by atoms with Crippen LogP contribution in [-0.4, -0.2) is 104 Å². The van der Waals surface area contributed by atoms with Crippen molar-refractivity contribution < 1.29 is 42.1 Å². The van der Waals surface area contributed by atoms with Crippen LogP contribution in [-0.2, 0) is 34.3 Å². The molecule has 0 radical (unpaired) electrons. The van der Waals surface area contributed by atoms with Gasteiger partial charge in [-0.25, -0.2) is 19.1 Å². The number of carbonyl (C=O) groups excluding carboxylic acids is 3. The molecule has 208 valence electrons. The Hall–Kier alpha value is -4.04. The van der Waals surface area contributed by atoms with Crippen molar-refractivity contribution in [2.24, 2.45) is 21.6 Å². The number of guanidine groups is 1. The van der Waals surface area contributed by atoms with Gasteiger partial charge in [-0.1, -0.05) is 5.16 Å². The molecule has 9 N–H and O–H groups in total. The van der Waals surface area contributed by atoms with Gasteiger partial charge in [-0.05, 0) is 20.3 Å². The van der Waals surface area contributed by atoms with E-state index in [2.05, 4.69) is 20.4 Å². The fourth-order valence-corrected chi connectivity index (χ4v) is 5.00. The molecule has 0 bridgehead atoms. The first-order valence-corrected chi connectivity index (χ1v) is 13.0. The predicted molar refractivity (Wildman–Crippen MR) is 131 cm³/mol. The molecule has 18 nitrogen and oxygen atoms in total. The molecule has 20 heteroatoms. The van der Waals surface area contributed by atoms with Crippen LogP contribution < -0.4 is 22.5 Å². The van der Waals surface area contributed by atoms with Gasteiger partial charge < -0.3 is 37.4 Å². The summed E-state index contributed by atoms with van der Waals surface area (Å²) in [6.45, 7) is 2.04.